The summed E-state index contributed by atoms with van der Waals surface area (Å²) >= 11 is 0. The zero-order valence-corrected chi connectivity index (χ0v) is 19.1. The molecule has 1 amide bonds. The molecule has 6 rings (SSSR count). The SMILES string of the molecule is Cc1cc2[nH]c(=O)oc2cc1-c1cc2cc(Nc3cc4n(n3)CC(=O)N(C)CC4)ncc2cc1F. The zero-order chi connectivity index (χ0) is 24.3. The molecule has 0 saturated heterocycles. The maximum atomic E-state index is 15.1. The van der Waals surface area contributed by atoms with Crippen molar-refractivity contribution in [1.82, 2.24) is 24.6 Å². The number of hydrogen-bond acceptors (Lipinski definition) is 6. The number of likely N-dealkylation sites (N-methyl/N-ethyl adjacent to an activating group) is 1. The fourth-order valence-corrected chi connectivity index (χ4v) is 4.48. The quantitative estimate of drug-likeness (QED) is 0.414. The van der Waals surface area contributed by atoms with Gasteiger partial charge in [0.2, 0.25) is 5.91 Å². The van der Waals surface area contributed by atoms with Crippen LogP contribution in [0.25, 0.3) is 33.0 Å². The molecule has 176 valence electrons. The molecule has 2 N–H and O–H groups in total. The van der Waals surface area contributed by atoms with E-state index in [1.807, 2.05) is 19.1 Å². The molecule has 3 aromatic heterocycles. The second-order valence-corrected chi connectivity index (χ2v) is 8.80. The Morgan fingerprint density at radius 3 is 2.77 bits per heavy atom. The average molecular weight is 472 g/mol. The van der Waals surface area contributed by atoms with Gasteiger partial charge in [0.1, 0.15) is 18.2 Å². The third kappa shape index (κ3) is 3.72. The van der Waals surface area contributed by atoms with Crippen molar-refractivity contribution in [2.75, 3.05) is 18.9 Å². The average Bonchev–Trinajstić information content (AvgIpc) is 3.33. The van der Waals surface area contributed by atoms with Gasteiger partial charge >= 0.3 is 5.76 Å². The number of carbonyl (C=O) groups is 1. The highest BCUT2D eigenvalue weighted by molar-refractivity contribution is 5.91. The fraction of sp³-hybridized carbons (Fsp3) is 0.200. The van der Waals surface area contributed by atoms with Gasteiger partial charge < -0.3 is 14.6 Å². The highest BCUT2D eigenvalue weighted by Crippen LogP contribution is 2.33. The molecule has 0 fully saturated rings. The minimum Gasteiger partial charge on any atom is -0.408 e. The number of benzene rings is 2. The smallest absolute Gasteiger partial charge is 0.408 e. The van der Waals surface area contributed by atoms with Gasteiger partial charge in [-0.05, 0) is 53.8 Å². The van der Waals surface area contributed by atoms with Gasteiger partial charge in [-0.3, -0.25) is 14.5 Å². The summed E-state index contributed by atoms with van der Waals surface area (Å²) in [6.07, 6.45) is 2.32. The van der Waals surface area contributed by atoms with Crippen molar-refractivity contribution in [1.29, 1.82) is 0 Å². The molecule has 0 aliphatic carbocycles. The molecule has 10 heteroatoms. The van der Waals surface area contributed by atoms with Gasteiger partial charge in [0, 0.05) is 48.9 Å². The van der Waals surface area contributed by atoms with E-state index in [1.165, 1.54) is 6.07 Å². The van der Waals surface area contributed by atoms with Crippen molar-refractivity contribution in [3.63, 3.8) is 0 Å². The summed E-state index contributed by atoms with van der Waals surface area (Å²) in [6, 6.07) is 10.4. The van der Waals surface area contributed by atoms with Gasteiger partial charge in [0.25, 0.3) is 0 Å². The van der Waals surface area contributed by atoms with Crippen molar-refractivity contribution in [2.24, 2.45) is 0 Å². The number of oxazole rings is 1. The van der Waals surface area contributed by atoms with Gasteiger partial charge in [-0.15, -0.1) is 0 Å². The van der Waals surface area contributed by atoms with E-state index in [-0.39, 0.29) is 12.5 Å². The van der Waals surface area contributed by atoms with Crippen LogP contribution in [0.4, 0.5) is 16.0 Å². The standard InChI is InChI=1S/C25H21FN6O3/c1-13-5-20-21(35-25(34)28-20)10-17(13)18-6-14-8-22(27-11-15(14)7-19(18)26)29-23-9-16-3-4-31(2)24(33)12-32(16)30-23/h5-11H,3-4,12H2,1-2H3,(H,28,34)(H,27,29,30). The van der Waals surface area contributed by atoms with Gasteiger partial charge in [-0.1, -0.05) is 0 Å². The highest BCUT2D eigenvalue weighted by atomic mass is 19.1. The number of H-pyrrole nitrogens is 1. The summed E-state index contributed by atoms with van der Waals surface area (Å²) in [5.41, 5.74) is 3.75. The number of carbonyl (C=O) groups excluding carboxylic acids is 1. The molecule has 5 aromatic rings. The first-order valence-corrected chi connectivity index (χ1v) is 11.1. The molecule has 35 heavy (non-hydrogen) atoms. The van der Waals surface area contributed by atoms with Crippen LogP contribution in [0.1, 0.15) is 11.3 Å². The van der Waals surface area contributed by atoms with Crippen LogP contribution < -0.4 is 11.1 Å². The lowest BCUT2D eigenvalue weighted by atomic mass is 9.97. The Hall–Kier alpha value is -4.47. The summed E-state index contributed by atoms with van der Waals surface area (Å²) in [5.74, 6) is 0.216. The predicted octanol–water partition coefficient (Wildman–Crippen LogP) is 3.74. The lowest BCUT2D eigenvalue weighted by Gasteiger charge is -2.12. The number of aromatic nitrogens is 4. The van der Waals surface area contributed by atoms with Crippen LogP contribution in [0.5, 0.6) is 0 Å². The van der Waals surface area contributed by atoms with Crippen LogP contribution in [-0.4, -0.2) is 44.1 Å². The molecular weight excluding hydrogens is 451 g/mol. The molecule has 0 bridgehead atoms. The first kappa shape index (κ1) is 21.1. The van der Waals surface area contributed by atoms with E-state index in [1.54, 1.807) is 41.0 Å². The first-order valence-electron chi connectivity index (χ1n) is 11.1. The summed E-state index contributed by atoms with van der Waals surface area (Å²) in [4.78, 5) is 32.4. The zero-order valence-electron chi connectivity index (χ0n) is 19.1. The van der Waals surface area contributed by atoms with E-state index in [0.717, 1.165) is 23.1 Å². The number of nitrogens with one attached hydrogen (secondary N) is 2. The maximum Gasteiger partial charge on any atom is 0.417 e. The molecule has 1 aliphatic heterocycles. The number of nitrogens with zero attached hydrogens (tertiary/aromatic N) is 4. The van der Waals surface area contributed by atoms with Crippen LogP contribution in [-0.2, 0) is 17.8 Å². The molecule has 0 spiro atoms. The van der Waals surface area contributed by atoms with Crippen LogP contribution >= 0.6 is 0 Å². The largest absolute Gasteiger partial charge is 0.417 e. The van der Waals surface area contributed by atoms with Crippen LogP contribution in [0.3, 0.4) is 0 Å². The number of pyridine rings is 1. The fourth-order valence-electron chi connectivity index (χ4n) is 4.48. The second kappa shape index (κ2) is 7.79. The summed E-state index contributed by atoms with van der Waals surface area (Å²) in [5, 5.41) is 9.14. The Bertz CT molecular complexity index is 1700. The normalized spacial score (nSPS) is 13.9. The Labute approximate surface area is 198 Å². The van der Waals surface area contributed by atoms with Crippen LogP contribution in [0.15, 0.2) is 51.8 Å². The molecular formula is C25H21FN6O3. The van der Waals surface area contributed by atoms with Gasteiger partial charge in [0.15, 0.2) is 11.4 Å². The number of anilines is 2. The lowest BCUT2D eigenvalue weighted by molar-refractivity contribution is -0.130. The Morgan fingerprint density at radius 2 is 1.91 bits per heavy atom. The number of aromatic amines is 1. The summed E-state index contributed by atoms with van der Waals surface area (Å²) in [7, 11) is 1.79. The Balaban J connectivity index is 1.36. The number of halogens is 1. The van der Waals surface area contributed by atoms with Crippen molar-refractivity contribution >= 4 is 39.4 Å². The lowest BCUT2D eigenvalue weighted by Crippen LogP contribution is -2.29. The van der Waals surface area contributed by atoms with Crippen molar-refractivity contribution < 1.29 is 13.6 Å². The van der Waals surface area contributed by atoms with Crippen LogP contribution in [0, 0.1) is 12.7 Å². The summed E-state index contributed by atoms with van der Waals surface area (Å²) in [6.45, 7) is 2.70. The second-order valence-electron chi connectivity index (χ2n) is 8.80. The van der Waals surface area contributed by atoms with Crippen molar-refractivity contribution in [3.8, 4) is 11.1 Å². The number of rotatable bonds is 3. The molecule has 9 nitrogen and oxygen atoms in total. The number of amides is 1. The molecule has 1 aliphatic rings. The topological polar surface area (TPSA) is 109 Å². The van der Waals surface area contributed by atoms with E-state index >= 15 is 4.39 Å². The van der Waals surface area contributed by atoms with Gasteiger partial charge in [0.05, 0.1) is 5.52 Å². The summed E-state index contributed by atoms with van der Waals surface area (Å²) < 4.78 is 21.9. The maximum absolute atomic E-state index is 15.1. The molecule has 0 atom stereocenters. The third-order valence-corrected chi connectivity index (χ3v) is 6.40. The molecule has 4 heterocycles. The monoisotopic (exact) mass is 472 g/mol. The Morgan fingerprint density at radius 1 is 1.06 bits per heavy atom. The van der Waals surface area contributed by atoms with Gasteiger partial charge in [-0.2, -0.15) is 5.10 Å². The van der Waals surface area contributed by atoms with E-state index in [4.69, 9.17) is 4.42 Å². The third-order valence-electron chi connectivity index (χ3n) is 6.40. The van der Waals surface area contributed by atoms with Crippen molar-refractivity contribution in [3.05, 3.63) is 70.2 Å². The van der Waals surface area contributed by atoms with Crippen LogP contribution in [0.2, 0.25) is 0 Å². The van der Waals surface area contributed by atoms with E-state index in [9.17, 15) is 9.59 Å². The Kier molecular flexibility index (Phi) is 4.70. The van der Waals surface area contributed by atoms with Gasteiger partial charge in [-0.25, -0.2) is 14.2 Å². The first-order chi connectivity index (χ1) is 16.8. The van der Waals surface area contributed by atoms with E-state index in [2.05, 4.69) is 20.4 Å². The van der Waals surface area contributed by atoms with Crippen molar-refractivity contribution in [2.45, 2.75) is 19.9 Å². The minimum absolute atomic E-state index is 0.0178. The molecule has 0 saturated carbocycles. The predicted molar refractivity (Wildman–Crippen MR) is 129 cm³/mol. The molecule has 0 radical (unpaired) electrons. The highest BCUT2D eigenvalue weighted by Gasteiger charge is 2.19. The molecule has 2 aromatic carbocycles. The number of fused-ring (bicyclic) bond motifs is 3. The van der Waals surface area contributed by atoms with E-state index in [0.29, 0.717) is 45.8 Å². The number of aryl methyl sites for hydroxylation is 1. The molecule has 0 unspecified atom stereocenters. The minimum atomic E-state index is -0.551. The van der Waals surface area contributed by atoms with E-state index < -0.39 is 11.6 Å². The number of hydrogen-bond donors (Lipinski definition) is 2.